The van der Waals surface area contributed by atoms with E-state index >= 15 is 0 Å². The lowest BCUT2D eigenvalue weighted by Gasteiger charge is -2.13. The molecule has 0 bridgehead atoms. The molecule has 1 amide bonds. The lowest BCUT2D eigenvalue weighted by Crippen LogP contribution is -2.25. The van der Waals surface area contributed by atoms with Crippen molar-refractivity contribution in [3.63, 3.8) is 0 Å². The zero-order chi connectivity index (χ0) is 14.7. The van der Waals surface area contributed by atoms with Crippen molar-refractivity contribution in [3.8, 4) is 0 Å². The molecule has 20 heavy (non-hydrogen) atoms. The van der Waals surface area contributed by atoms with Crippen LogP contribution < -0.4 is 5.32 Å². The number of rotatable bonds is 4. The summed E-state index contributed by atoms with van der Waals surface area (Å²) >= 11 is 3.36. The lowest BCUT2D eigenvalue weighted by atomic mass is 10.1. The van der Waals surface area contributed by atoms with Crippen molar-refractivity contribution in [1.82, 2.24) is 14.8 Å². The summed E-state index contributed by atoms with van der Waals surface area (Å²) in [6.45, 7) is 6.13. The Kier molecular flexibility index (Phi) is 4.54. The first-order chi connectivity index (χ1) is 9.45. The third kappa shape index (κ3) is 3.66. The topological polar surface area (TPSA) is 59.8 Å². The Balaban J connectivity index is 1.98. The van der Waals surface area contributed by atoms with Crippen LogP contribution in [0.1, 0.15) is 18.6 Å². The van der Waals surface area contributed by atoms with Crippen LogP contribution in [-0.2, 0) is 11.3 Å². The first-order valence-electron chi connectivity index (χ1n) is 6.40. The summed E-state index contributed by atoms with van der Waals surface area (Å²) in [4.78, 5) is 16.4. The fourth-order valence-electron chi connectivity index (χ4n) is 1.88. The van der Waals surface area contributed by atoms with Crippen LogP contribution in [0.2, 0.25) is 0 Å². The molecule has 6 heteroatoms. The van der Waals surface area contributed by atoms with Gasteiger partial charge in [0, 0.05) is 10.2 Å². The molecule has 0 aliphatic heterocycles. The third-order valence-corrected chi connectivity index (χ3v) is 3.50. The first-order valence-corrected chi connectivity index (χ1v) is 7.19. The van der Waals surface area contributed by atoms with E-state index in [0.717, 1.165) is 21.8 Å². The van der Waals surface area contributed by atoms with Crippen LogP contribution in [0.5, 0.6) is 0 Å². The number of aromatic nitrogens is 3. The van der Waals surface area contributed by atoms with E-state index in [-0.39, 0.29) is 11.8 Å². The maximum absolute atomic E-state index is 12.1. The number of nitrogens with one attached hydrogen (secondary N) is 1. The van der Waals surface area contributed by atoms with Crippen LogP contribution in [0.4, 0.5) is 5.69 Å². The number of amides is 1. The van der Waals surface area contributed by atoms with Gasteiger partial charge in [-0.05, 0) is 38.1 Å². The molecule has 2 rings (SSSR count). The van der Waals surface area contributed by atoms with Crippen LogP contribution in [0.25, 0.3) is 0 Å². The Morgan fingerprint density at radius 2 is 2.00 bits per heavy atom. The van der Waals surface area contributed by atoms with Gasteiger partial charge in [-0.15, -0.1) is 0 Å². The number of benzene rings is 1. The minimum atomic E-state index is -0.182. The van der Waals surface area contributed by atoms with Gasteiger partial charge in [-0.1, -0.05) is 22.9 Å². The second kappa shape index (κ2) is 6.17. The number of hydrogen-bond acceptors (Lipinski definition) is 3. The van der Waals surface area contributed by atoms with Gasteiger partial charge in [0.2, 0.25) is 5.91 Å². The molecule has 0 aliphatic carbocycles. The molecule has 106 valence electrons. The summed E-state index contributed by atoms with van der Waals surface area (Å²) < 4.78 is 2.75. The first kappa shape index (κ1) is 14.7. The molecule has 1 atom stereocenters. The number of carbonyl (C=O) groups excluding carboxylic acids is 1. The molecule has 0 spiro atoms. The van der Waals surface area contributed by atoms with Crippen molar-refractivity contribution in [2.24, 2.45) is 5.92 Å². The van der Waals surface area contributed by atoms with E-state index in [9.17, 15) is 4.79 Å². The van der Waals surface area contributed by atoms with Crippen molar-refractivity contribution in [2.45, 2.75) is 27.3 Å². The van der Waals surface area contributed by atoms with E-state index in [0.29, 0.717) is 6.54 Å². The monoisotopic (exact) mass is 336 g/mol. The van der Waals surface area contributed by atoms with E-state index in [1.165, 1.54) is 0 Å². The Morgan fingerprint density at radius 3 is 2.55 bits per heavy atom. The SMILES string of the molecule is Cc1nc(C)n(C[C@H](C)C(=O)Nc2ccc(Br)cc2)n1. The normalized spacial score (nSPS) is 12.2. The minimum absolute atomic E-state index is 0.0279. The molecule has 5 nitrogen and oxygen atoms in total. The largest absolute Gasteiger partial charge is 0.326 e. The van der Waals surface area contributed by atoms with Crippen LogP contribution >= 0.6 is 15.9 Å². The fourth-order valence-corrected chi connectivity index (χ4v) is 2.14. The molecule has 1 aromatic heterocycles. The maximum Gasteiger partial charge on any atom is 0.229 e. The number of anilines is 1. The molecule has 2 aromatic rings. The highest BCUT2D eigenvalue weighted by Crippen LogP contribution is 2.15. The molecule has 0 aliphatic rings. The molecular weight excluding hydrogens is 320 g/mol. The Bertz CT molecular complexity index is 606. The van der Waals surface area contributed by atoms with Crippen LogP contribution in [-0.4, -0.2) is 20.7 Å². The van der Waals surface area contributed by atoms with Crippen molar-refractivity contribution in [1.29, 1.82) is 0 Å². The third-order valence-electron chi connectivity index (χ3n) is 2.97. The van der Waals surface area contributed by atoms with Crippen LogP contribution in [0, 0.1) is 19.8 Å². The van der Waals surface area contributed by atoms with Gasteiger partial charge in [-0.25, -0.2) is 9.67 Å². The summed E-state index contributed by atoms with van der Waals surface area (Å²) in [5, 5.41) is 7.16. The average molecular weight is 337 g/mol. The molecule has 1 heterocycles. The number of halogens is 1. The molecular formula is C14H17BrN4O. The summed E-state index contributed by atoms with van der Waals surface area (Å²) in [5.41, 5.74) is 0.788. The van der Waals surface area contributed by atoms with Crippen molar-refractivity contribution >= 4 is 27.5 Å². The van der Waals surface area contributed by atoms with Crippen molar-refractivity contribution in [2.75, 3.05) is 5.32 Å². The standard InChI is InChI=1S/C14H17BrN4O/c1-9(8-19-11(3)16-10(2)18-19)14(20)17-13-6-4-12(15)5-7-13/h4-7,9H,8H2,1-3H3,(H,17,20)/t9-/m0/s1. The number of aryl methyl sites for hydroxylation is 2. The van der Waals surface area contributed by atoms with Gasteiger partial charge >= 0.3 is 0 Å². The summed E-state index contributed by atoms with van der Waals surface area (Å²) in [5.74, 6) is 1.34. The number of nitrogens with zero attached hydrogens (tertiary/aromatic N) is 3. The Labute approximate surface area is 126 Å². The van der Waals surface area contributed by atoms with E-state index in [1.54, 1.807) is 4.68 Å². The Hall–Kier alpha value is -1.69. The zero-order valence-electron chi connectivity index (χ0n) is 11.7. The number of hydrogen-bond donors (Lipinski definition) is 1. The van der Waals surface area contributed by atoms with Crippen molar-refractivity contribution < 1.29 is 4.79 Å². The highest BCUT2D eigenvalue weighted by Gasteiger charge is 2.15. The Morgan fingerprint density at radius 1 is 1.35 bits per heavy atom. The van der Waals surface area contributed by atoms with E-state index in [2.05, 4.69) is 31.3 Å². The second-order valence-corrected chi connectivity index (χ2v) is 5.70. The van der Waals surface area contributed by atoms with Gasteiger partial charge in [0.05, 0.1) is 12.5 Å². The molecule has 0 radical (unpaired) electrons. The predicted molar refractivity (Wildman–Crippen MR) is 81.4 cm³/mol. The summed E-state index contributed by atoms with van der Waals surface area (Å²) in [6.07, 6.45) is 0. The van der Waals surface area contributed by atoms with E-state index in [1.807, 2.05) is 45.0 Å². The summed E-state index contributed by atoms with van der Waals surface area (Å²) in [7, 11) is 0. The van der Waals surface area contributed by atoms with E-state index in [4.69, 9.17) is 0 Å². The van der Waals surface area contributed by atoms with Gasteiger partial charge < -0.3 is 5.32 Å². The quantitative estimate of drug-likeness (QED) is 0.933. The predicted octanol–water partition coefficient (Wildman–Crippen LogP) is 2.93. The van der Waals surface area contributed by atoms with Gasteiger partial charge in [0.15, 0.2) is 0 Å². The molecule has 0 fully saturated rings. The fraction of sp³-hybridized carbons (Fsp3) is 0.357. The maximum atomic E-state index is 12.1. The van der Waals surface area contributed by atoms with E-state index < -0.39 is 0 Å². The van der Waals surface area contributed by atoms with Crippen LogP contribution in [0.3, 0.4) is 0 Å². The van der Waals surface area contributed by atoms with Gasteiger partial charge in [0.1, 0.15) is 11.6 Å². The minimum Gasteiger partial charge on any atom is -0.326 e. The average Bonchev–Trinajstić information content (AvgIpc) is 2.70. The molecule has 0 unspecified atom stereocenters. The highest BCUT2D eigenvalue weighted by molar-refractivity contribution is 9.10. The van der Waals surface area contributed by atoms with Gasteiger partial charge in [-0.2, -0.15) is 5.10 Å². The van der Waals surface area contributed by atoms with Gasteiger partial charge in [-0.3, -0.25) is 4.79 Å². The lowest BCUT2D eigenvalue weighted by molar-refractivity contribution is -0.119. The smallest absolute Gasteiger partial charge is 0.229 e. The second-order valence-electron chi connectivity index (χ2n) is 4.79. The molecule has 1 N–H and O–H groups in total. The summed E-state index contributed by atoms with van der Waals surface area (Å²) in [6, 6.07) is 7.51. The van der Waals surface area contributed by atoms with Crippen molar-refractivity contribution in [3.05, 3.63) is 40.4 Å². The highest BCUT2D eigenvalue weighted by atomic mass is 79.9. The number of carbonyl (C=O) groups is 1. The zero-order valence-corrected chi connectivity index (χ0v) is 13.3. The molecule has 0 saturated heterocycles. The molecule has 0 saturated carbocycles. The van der Waals surface area contributed by atoms with Gasteiger partial charge in [0.25, 0.3) is 0 Å². The van der Waals surface area contributed by atoms with Crippen LogP contribution in [0.15, 0.2) is 28.7 Å². The molecule has 1 aromatic carbocycles.